The first-order chi connectivity index (χ1) is 9.46. The smallest absolute Gasteiger partial charge is 0.0813 e. The maximum absolute atomic E-state index is 5.82. The van der Waals surface area contributed by atoms with Gasteiger partial charge in [-0.25, -0.2) is 0 Å². The Morgan fingerprint density at radius 3 is 2.30 bits per heavy atom. The van der Waals surface area contributed by atoms with Crippen molar-refractivity contribution >= 4 is 0 Å². The molecule has 2 N–H and O–H groups in total. The minimum atomic E-state index is -0.174. The molecule has 3 nitrogen and oxygen atoms in total. The molecule has 0 bridgehead atoms. The zero-order chi connectivity index (χ0) is 15.0. The number of benzene rings is 1. The minimum Gasteiger partial charge on any atom is -0.319 e. The lowest BCUT2D eigenvalue weighted by molar-refractivity contribution is -0.0962. The molecule has 0 fully saturated rings. The van der Waals surface area contributed by atoms with Gasteiger partial charge in [-0.05, 0) is 52.3 Å². The van der Waals surface area contributed by atoms with E-state index in [-0.39, 0.29) is 5.60 Å². The number of hydrogen-bond donors (Lipinski definition) is 2. The molecule has 2 atom stereocenters. The molecule has 0 aliphatic heterocycles. The fourth-order valence-electron chi connectivity index (χ4n) is 2.26. The molecular formula is C17H30N2O. The van der Waals surface area contributed by atoms with Crippen molar-refractivity contribution in [2.45, 2.75) is 52.2 Å². The van der Waals surface area contributed by atoms with Gasteiger partial charge in [-0.2, -0.15) is 5.48 Å². The molecule has 20 heavy (non-hydrogen) atoms. The van der Waals surface area contributed by atoms with Crippen LogP contribution in [-0.4, -0.2) is 25.2 Å². The summed E-state index contributed by atoms with van der Waals surface area (Å²) >= 11 is 0. The van der Waals surface area contributed by atoms with Crippen molar-refractivity contribution in [1.82, 2.24) is 10.8 Å². The molecule has 1 rings (SSSR count). The van der Waals surface area contributed by atoms with Gasteiger partial charge in [0.25, 0.3) is 0 Å². The van der Waals surface area contributed by atoms with Crippen LogP contribution in [0.25, 0.3) is 0 Å². The predicted molar refractivity (Wildman–Crippen MR) is 85.6 cm³/mol. The number of hydrogen-bond acceptors (Lipinski definition) is 3. The van der Waals surface area contributed by atoms with Gasteiger partial charge in [0.15, 0.2) is 0 Å². The lowest BCUT2D eigenvalue weighted by Gasteiger charge is -2.30. The second-order valence-electron chi connectivity index (χ2n) is 6.35. The molecule has 0 spiro atoms. The Labute approximate surface area is 124 Å². The van der Waals surface area contributed by atoms with Crippen molar-refractivity contribution in [2.24, 2.45) is 5.92 Å². The van der Waals surface area contributed by atoms with Crippen LogP contribution in [0.3, 0.4) is 0 Å². The normalized spacial score (nSPS) is 15.1. The van der Waals surface area contributed by atoms with Crippen LogP contribution in [-0.2, 0) is 11.3 Å². The summed E-state index contributed by atoms with van der Waals surface area (Å²) in [7, 11) is 2.01. The highest BCUT2D eigenvalue weighted by molar-refractivity contribution is 5.16. The molecule has 0 amide bonds. The van der Waals surface area contributed by atoms with E-state index >= 15 is 0 Å². The molecule has 0 saturated carbocycles. The van der Waals surface area contributed by atoms with Crippen molar-refractivity contribution in [2.75, 3.05) is 13.6 Å². The molecule has 0 unspecified atom stereocenters. The number of rotatable bonds is 8. The summed E-state index contributed by atoms with van der Waals surface area (Å²) in [4.78, 5) is 5.82. The summed E-state index contributed by atoms with van der Waals surface area (Å²) in [5, 5.41) is 3.29. The molecule has 0 aliphatic carbocycles. The highest BCUT2D eigenvalue weighted by Gasteiger charge is 2.22. The molecular weight excluding hydrogens is 248 g/mol. The fourth-order valence-corrected chi connectivity index (χ4v) is 2.26. The Kier molecular flexibility index (Phi) is 7.20. The summed E-state index contributed by atoms with van der Waals surface area (Å²) in [5.41, 5.74) is 4.47. The third kappa shape index (κ3) is 6.51. The minimum absolute atomic E-state index is 0.174. The first-order valence-electron chi connectivity index (χ1n) is 7.58. The predicted octanol–water partition coefficient (Wildman–Crippen LogP) is 3.16. The maximum atomic E-state index is 5.82. The van der Waals surface area contributed by atoms with Gasteiger partial charge in [-0.3, -0.25) is 4.84 Å². The summed E-state index contributed by atoms with van der Waals surface area (Å²) in [6.45, 7) is 9.43. The van der Waals surface area contributed by atoms with E-state index in [0.29, 0.717) is 12.0 Å². The zero-order valence-electron chi connectivity index (χ0n) is 13.6. The van der Waals surface area contributed by atoms with E-state index in [1.165, 1.54) is 5.56 Å². The van der Waals surface area contributed by atoms with Crippen LogP contribution in [0, 0.1) is 5.92 Å². The van der Waals surface area contributed by atoms with E-state index in [1.807, 2.05) is 7.05 Å². The van der Waals surface area contributed by atoms with E-state index in [2.05, 4.69) is 68.8 Å². The second kappa shape index (κ2) is 8.40. The first kappa shape index (κ1) is 17.2. The zero-order valence-corrected chi connectivity index (χ0v) is 13.6. The van der Waals surface area contributed by atoms with E-state index in [0.717, 1.165) is 19.4 Å². The molecule has 0 aromatic heterocycles. The number of nitrogens with one attached hydrogen (secondary N) is 2. The lowest BCUT2D eigenvalue weighted by atomic mass is 9.92. The van der Waals surface area contributed by atoms with Gasteiger partial charge in [0.1, 0.15) is 0 Å². The van der Waals surface area contributed by atoms with Gasteiger partial charge in [-0.1, -0.05) is 43.7 Å². The Balaban J connectivity index is 2.72. The summed E-state index contributed by atoms with van der Waals surface area (Å²) in [5.74, 6) is 0.544. The lowest BCUT2D eigenvalue weighted by Crippen LogP contribution is -2.45. The fraction of sp³-hybridized carbons (Fsp3) is 0.647. The maximum Gasteiger partial charge on any atom is 0.0813 e. The van der Waals surface area contributed by atoms with Gasteiger partial charge in [-0.15, -0.1) is 0 Å². The Morgan fingerprint density at radius 2 is 1.80 bits per heavy atom. The second-order valence-corrected chi connectivity index (χ2v) is 6.35. The van der Waals surface area contributed by atoms with Gasteiger partial charge in [0.05, 0.1) is 5.60 Å². The van der Waals surface area contributed by atoms with E-state index in [1.54, 1.807) is 0 Å². The number of hydroxylamine groups is 1. The Bertz CT molecular complexity index is 359. The molecule has 1 aromatic rings. The summed E-state index contributed by atoms with van der Waals surface area (Å²) in [6, 6.07) is 10.9. The standard InChI is InChI=1S/C17H30N2O/c1-6-15(13-18-5)16(19-20-17(2,3)4)12-14-10-8-7-9-11-14/h7-11,15-16,18-19H,6,12-13H2,1-5H3/t15-,16+/m1/s1. The van der Waals surface area contributed by atoms with Crippen molar-refractivity contribution in [3.8, 4) is 0 Å². The van der Waals surface area contributed by atoms with Crippen molar-refractivity contribution < 1.29 is 4.84 Å². The van der Waals surface area contributed by atoms with Crippen LogP contribution in [0.4, 0.5) is 0 Å². The Morgan fingerprint density at radius 1 is 1.15 bits per heavy atom. The molecule has 1 aromatic carbocycles. The van der Waals surface area contributed by atoms with Crippen molar-refractivity contribution in [3.05, 3.63) is 35.9 Å². The van der Waals surface area contributed by atoms with Crippen LogP contribution in [0.2, 0.25) is 0 Å². The first-order valence-corrected chi connectivity index (χ1v) is 7.58. The van der Waals surface area contributed by atoms with Crippen LogP contribution in [0.15, 0.2) is 30.3 Å². The quantitative estimate of drug-likeness (QED) is 0.717. The Hall–Kier alpha value is -0.900. The van der Waals surface area contributed by atoms with Gasteiger partial charge in [0.2, 0.25) is 0 Å². The third-order valence-electron chi connectivity index (χ3n) is 3.37. The van der Waals surface area contributed by atoms with E-state index in [4.69, 9.17) is 4.84 Å². The van der Waals surface area contributed by atoms with E-state index < -0.39 is 0 Å². The van der Waals surface area contributed by atoms with E-state index in [9.17, 15) is 0 Å². The monoisotopic (exact) mass is 278 g/mol. The molecule has 0 saturated heterocycles. The highest BCUT2D eigenvalue weighted by Crippen LogP contribution is 2.16. The van der Waals surface area contributed by atoms with Crippen molar-refractivity contribution in [3.63, 3.8) is 0 Å². The molecule has 3 heteroatoms. The van der Waals surface area contributed by atoms with Gasteiger partial charge in [0, 0.05) is 6.04 Å². The SMILES string of the molecule is CC[C@H](CNC)[C@H](Cc1ccccc1)NOC(C)(C)C. The molecule has 0 heterocycles. The average Bonchev–Trinajstić information content (AvgIpc) is 2.41. The largest absolute Gasteiger partial charge is 0.319 e. The van der Waals surface area contributed by atoms with Crippen LogP contribution in [0.1, 0.15) is 39.7 Å². The molecule has 0 radical (unpaired) electrons. The van der Waals surface area contributed by atoms with Crippen LogP contribution >= 0.6 is 0 Å². The topological polar surface area (TPSA) is 33.3 Å². The average molecular weight is 278 g/mol. The molecule has 114 valence electrons. The van der Waals surface area contributed by atoms with Crippen molar-refractivity contribution in [1.29, 1.82) is 0 Å². The summed E-state index contributed by atoms with van der Waals surface area (Å²) < 4.78 is 0. The highest BCUT2D eigenvalue weighted by atomic mass is 16.7. The summed E-state index contributed by atoms with van der Waals surface area (Å²) in [6.07, 6.45) is 2.11. The van der Waals surface area contributed by atoms with Crippen LogP contribution in [0.5, 0.6) is 0 Å². The third-order valence-corrected chi connectivity index (χ3v) is 3.37. The molecule has 0 aliphatic rings. The van der Waals surface area contributed by atoms with Gasteiger partial charge < -0.3 is 5.32 Å². The van der Waals surface area contributed by atoms with Gasteiger partial charge >= 0.3 is 0 Å². The van der Waals surface area contributed by atoms with Crippen LogP contribution < -0.4 is 10.8 Å².